The first-order chi connectivity index (χ1) is 7.26. The zero-order valence-corrected chi connectivity index (χ0v) is 12.0. The van der Waals surface area contributed by atoms with Crippen LogP contribution in [-0.4, -0.2) is 17.9 Å². The van der Waals surface area contributed by atoms with Crippen LogP contribution in [0.15, 0.2) is 28.7 Å². The second-order valence-electron chi connectivity index (χ2n) is 3.64. The molecule has 0 saturated heterocycles. The smallest absolute Gasteiger partial charge is 0.0255 e. The normalized spacial score (nSPS) is 12.7. The molecular formula is C12H16BrClS. The van der Waals surface area contributed by atoms with Crippen molar-refractivity contribution in [2.45, 2.75) is 12.8 Å². The third kappa shape index (κ3) is 5.28. The molecule has 0 radical (unpaired) electrons. The standard InChI is InChI=1S/C12H16BrClS/c1-15-6-5-11(9-14)7-10-3-2-4-12(13)8-10/h2-4,8,11H,5-7,9H2,1H3. The summed E-state index contributed by atoms with van der Waals surface area (Å²) in [5, 5.41) is 0. The Morgan fingerprint density at radius 2 is 2.27 bits per heavy atom. The second-order valence-corrected chi connectivity index (χ2v) is 5.85. The SMILES string of the molecule is CSCCC(CCl)Cc1cccc(Br)c1. The molecule has 0 aromatic heterocycles. The molecule has 0 nitrogen and oxygen atoms in total. The van der Waals surface area contributed by atoms with Gasteiger partial charge in [0.1, 0.15) is 0 Å². The van der Waals surface area contributed by atoms with Gasteiger partial charge in [0.05, 0.1) is 0 Å². The lowest BCUT2D eigenvalue weighted by atomic mass is 9.99. The van der Waals surface area contributed by atoms with E-state index in [1.165, 1.54) is 17.7 Å². The van der Waals surface area contributed by atoms with Crippen molar-refractivity contribution >= 4 is 39.3 Å². The van der Waals surface area contributed by atoms with E-state index in [9.17, 15) is 0 Å². The summed E-state index contributed by atoms with van der Waals surface area (Å²) in [6, 6.07) is 8.49. The van der Waals surface area contributed by atoms with Crippen LogP contribution in [0.5, 0.6) is 0 Å². The number of benzene rings is 1. The quantitative estimate of drug-likeness (QED) is 0.692. The molecule has 1 aromatic carbocycles. The van der Waals surface area contributed by atoms with E-state index in [1.54, 1.807) is 0 Å². The number of rotatable bonds is 6. The van der Waals surface area contributed by atoms with Crippen LogP contribution in [-0.2, 0) is 6.42 Å². The van der Waals surface area contributed by atoms with Gasteiger partial charge in [-0.2, -0.15) is 11.8 Å². The van der Waals surface area contributed by atoms with Crippen molar-refractivity contribution in [1.29, 1.82) is 0 Å². The molecule has 1 aromatic rings. The van der Waals surface area contributed by atoms with Crippen molar-refractivity contribution in [3.63, 3.8) is 0 Å². The van der Waals surface area contributed by atoms with Gasteiger partial charge in [0.25, 0.3) is 0 Å². The maximum Gasteiger partial charge on any atom is 0.0255 e. The number of hydrogen-bond acceptors (Lipinski definition) is 1. The van der Waals surface area contributed by atoms with E-state index in [-0.39, 0.29) is 0 Å². The van der Waals surface area contributed by atoms with Gasteiger partial charge in [-0.1, -0.05) is 28.1 Å². The molecule has 0 spiro atoms. The Hall–Kier alpha value is 0.340. The molecule has 0 aliphatic rings. The van der Waals surface area contributed by atoms with E-state index in [4.69, 9.17) is 11.6 Å². The van der Waals surface area contributed by atoms with Crippen LogP contribution < -0.4 is 0 Å². The molecule has 0 saturated carbocycles. The van der Waals surface area contributed by atoms with Crippen LogP contribution in [0.25, 0.3) is 0 Å². The van der Waals surface area contributed by atoms with Gasteiger partial charge < -0.3 is 0 Å². The second kappa shape index (κ2) is 7.59. The van der Waals surface area contributed by atoms with Crippen molar-refractivity contribution < 1.29 is 0 Å². The average Bonchev–Trinajstić information content (AvgIpc) is 2.24. The summed E-state index contributed by atoms with van der Waals surface area (Å²) in [4.78, 5) is 0. The molecule has 0 bridgehead atoms. The highest BCUT2D eigenvalue weighted by Crippen LogP contribution is 2.19. The highest BCUT2D eigenvalue weighted by molar-refractivity contribution is 9.10. The summed E-state index contributed by atoms with van der Waals surface area (Å²) in [5.41, 5.74) is 1.37. The van der Waals surface area contributed by atoms with Crippen LogP contribution >= 0.6 is 39.3 Å². The van der Waals surface area contributed by atoms with E-state index in [0.717, 1.165) is 16.8 Å². The predicted molar refractivity (Wildman–Crippen MR) is 75.1 cm³/mol. The van der Waals surface area contributed by atoms with Crippen LogP contribution in [0.4, 0.5) is 0 Å². The van der Waals surface area contributed by atoms with Crippen molar-refractivity contribution in [2.75, 3.05) is 17.9 Å². The summed E-state index contributed by atoms with van der Waals surface area (Å²) in [5.74, 6) is 2.56. The Bertz CT molecular complexity index is 291. The van der Waals surface area contributed by atoms with Crippen molar-refractivity contribution in [3.05, 3.63) is 34.3 Å². The Morgan fingerprint density at radius 3 is 2.87 bits per heavy atom. The number of hydrogen-bond donors (Lipinski definition) is 0. The minimum absolute atomic E-state index is 0.605. The minimum atomic E-state index is 0.605. The third-order valence-electron chi connectivity index (χ3n) is 2.36. The Kier molecular flexibility index (Phi) is 6.78. The van der Waals surface area contributed by atoms with Crippen molar-refractivity contribution in [1.82, 2.24) is 0 Å². The fraction of sp³-hybridized carbons (Fsp3) is 0.500. The molecule has 1 atom stereocenters. The average molecular weight is 308 g/mol. The first-order valence-corrected chi connectivity index (χ1v) is 7.77. The summed E-state index contributed by atoms with van der Waals surface area (Å²) < 4.78 is 1.15. The van der Waals surface area contributed by atoms with E-state index < -0.39 is 0 Å². The predicted octanol–water partition coefficient (Wildman–Crippen LogP) is 4.60. The lowest BCUT2D eigenvalue weighted by Crippen LogP contribution is -2.07. The largest absolute Gasteiger partial charge is 0.165 e. The number of halogens is 2. The zero-order valence-electron chi connectivity index (χ0n) is 8.88. The Balaban J connectivity index is 2.50. The van der Waals surface area contributed by atoms with Gasteiger partial charge in [-0.3, -0.25) is 0 Å². The molecule has 84 valence electrons. The third-order valence-corrected chi connectivity index (χ3v) is 3.94. The fourth-order valence-corrected chi connectivity index (χ4v) is 2.79. The Labute approximate surface area is 110 Å². The van der Waals surface area contributed by atoms with Gasteiger partial charge >= 0.3 is 0 Å². The van der Waals surface area contributed by atoms with Crippen LogP contribution in [0.1, 0.15) is 12.0 Å². The molecule has 1 unspecified atom stereocenters. The summed E-state index contributed by atoms with van der Waals surface area (Å²) in [7, 11) is 0. The van der Waals surface area contributed by atoms with Crippen LogP contribution in [0.3, 0.4) is 0 Å². The van der Waals surface area contributed by atoms with Crippen molar-refractivity contribution in [3.8, 4) is 0 Å². The van der Waals surface area contributed by atoms with Gasteiger partial charge in [0.2, 0.25) is 0 Å². The number of alkyl halides is 1. The van der Waals surface area contributed by atoms with E-state index in [0.29, 0.717) is 5.92 Å². The molecule has 0 heterocycles. The lowest BCUT2D eigenvalue weighted by Gasteiger charge is -2.13. The maximum atomic E-state index is 5.97. The molecule has 0 aliphatic carbocycles. The van der Waals surface area contributed by atoms with E-state index in [2.05, 4.69) is 46.5 Å². The van der Waals surface area contributed by atoms with Crippen molar-refractivity contribution in [2.24, 2.45) is 5.92 Å². The van der Waals surface area contributed by atoms with Crippen LogP contribution in [0, 0.1) is 5.92 Å². The molecule has 0 amide bonds. The summed E-state index contributed by atoms with van der Waals surface area (Å²) in [6.45, 7) is 0. The minimum Gasteiger partial charge on any atom is -0.165 e. The molecule has 3 heteroatoms. The first-order valence-electron chi connectivity index (χ1n) is 5.05. The molecule has 0 aliphatic heterocycles. The highest BCUT2D eigenvalue weighted by Gasteiger charge is 2.08. The van der Waals surface area contributed by atoms with Crippen LogP contribution in [0.2, 0.25) is 0 Å². The van der Waals surface area contributed by atoms with Gasteiger partial charge in [-0.05, 0) is 48.5 Å². The molecule has 0 fully saturated rings. The maximum absolute atomic E-state index is 5.97. The summed E-state index contributed by atoms with van der Waals surface area (Å²) >= 11 is 11.4. The molecule has 0 N–H and O–H groups in total. The van der Waals surface area contributed by atoms with E-state index >= 15 is 0 Å². The van der Waals surface area contributed by atoms with Gasteiger partial charge in [0.15, 0.2) is 0 Å². The van der Waals surface area contributed by atoms with Gasteiger partial charge in [-0.25, -0.2) is 0 Å². The zero-order chi connectivity index (χ0) is 11.1. The molecule has 1 rings (SSSR count). The first kappa shape index (κ1) is 13.4. The molecule has 15 heavy (non-hydrogen) atoms. The topological polar surface area (TPSA) is 0 Å². The lowest BCUT2D eigenvalue weighted by molar-refractivity contribution is 0.572. The fourth-order valence-electron chi connectivity index (χ4n) is 1.52. The van der Waals surface area contributed by atoms with Gasteiger partial charge in [0, 0.05) is 10.4 Å². The number of thioether (sulfide) groups is 1. The Morgan fingerprint density at radius 1 is 1.47 bits per heavy atom. The van der Waals surface area contributed by atoms with E-state index in [1.807, 2.05) is 11.8 Å². The molecular weight excluding hydrogens is 292 g/mol. The summed E-state index contributed by atoms with van der Waals surface area (Å²) in [6.07, 6.45) is 4.44. The highest BCUT2D eigenvalue weighted by atomic mass is 79.9. The monoisotopic (exact) mass is 306 g/mol. The van der Waals surface area contributed by atoms with Gasteiger partial charge in [-0.15, -0.1) is 11.6 Å².